The number of benzene rings is 1. The summed E-state index contributed by atoms with van der Waals surface area (Å²) in [5, 5.41) is 2.93. The minimum absolute atomic E-state index is 0.0134. The van der Waals surface area contributed by atoms with Crippen LogP contribution >= 0.6 is 0 Å². The van der Waals surface area contributed by atoms with Gasteiger partial charge in [-0.1, -0.05) is 57.0 Å². The lowest BCUT2D eigenvalue weighted by Crippen LogP contribution is -2.48. The second kappa shape index (κ2) is 7.90. The number of nitrogens with zero attached hydrogens (tertiary/aromatic N) is 2. The number of hydrogen-bond donors (Lipinski definition) is 1. The van der Waals surface area contributed by atoms with E-state index in [0.29, 0.717) is 11.8 Å². The van der Waals surface area contributed by atoms with Crippen molar-refractivity contribution in [3.63, 3.8) is 0 Å². The Labute approximate surface area is 158 Å². The van der Waals surface area contributed by atoms with E-state index in [1.54, 1.807) is 24.3 Å². The Bertz CT molecular complexity index is 749. The molecular formula is C20H25N3O4. The highest BCUT2D eigenvalue weighted by Gasteiger charge is 2.45. The standard InChI is InChI=1S/C20H25N3O4/c1-13-7-6-10-16(14(13)2)21-17(24)12-23-19(26)18(25)22(20(23)27)11-15-8-4-3-5-9-15/h3-5,8-9,13-14,16H,6-7,10-12H2,1-2H3,(H,21,24)/t13-,14-,16-/m1/s1. The molecule has 1 saturated heterocycles. The largest absolute Gasteiger partial charge is 0.352 e. The maximum Gasteiger partial charge on any atom is 0.335 e. The van der Waals surface area contributed by atoms with E-state index in [-0.39, 0.29) is 12.6 Å². The molecule has 7 nitrogen and oxygen atoms in total. The molecule has 3 rings (SSSR count). The normalized spacial score (nSPS) is 25.9. The van der Waals surface area contributed by atoms with Gasteiger partial charge in [0.05, 0.1) is 6.54 Å². The van der Waals surface area contributed by atoms with Crippen LogP contribution < -0.4 is 5.32 Å². The van der Waals surface area contributed by atoms with Gasteiger partial charge in [0.15, 0.2) is 0 Å². The molecule has 3 atom stereocenters. The molecule has 1 heterocycles. The lowest BCUT2D eigenvalue weighted by molar-refractivity contribution is -0.144. The summed E-state index contributed by atoms with van der Waals surface area (Å²) in [6.07, 6.45) is 3.07. The van der Waals surface area contributed by atoms with Crippen LogP contribution in [0.15, 0.2) is 30.3 Å². The molecule has 1 aromatic carbocycles. The predicted octanol–water partition coefficient (Wildman–Crippen LogP) is 1.92. The lowest BCUT2D eigenvalue weighted by atomic mass is 9.78. The Morgan fingerprint density at radius 1 is 1.04 bits per heavy atom. The van der Waals surface area contributed by atoms with E-state index in [4.69, 9.17) is 0 Å². The monoisotopic (exact) mass is 371 g/mol. The summed E-state index contributed by atoms with van der Waals surface area (Å²) in [5.41, 5.74) is 0.739. The van der Waals surface area contributed by atoms with Gasteiger partial charge in [-0.05, 0) is 23.8 Å². The van der Waals surface area contributed by atoms with Crippen LogP contribution in [-0.2, 0) is 20.9 Å². The number of nitrogens with one attached hydrogen (secondary N) is 1. The number of rotatable bonds is 5. The first-order valence-electron chi connectivity index (χ1n) is 9.39. The van der Waals surface area contributed by atoms with Crippen LogP contribution in [-0.4, -0.2) is 46.1 Å². The molecule has 1 saturated carbocycles. The number of amides is 5. The van der Waals surface area contributed by atoms with Crippen LogP contribution in [0, 0.1) is 11.8 Å². The van der Waals surface area contributed by atoms with Crippen LogP contribution in [0.1, 0.15) is 38.7 Å². The van der Waals surface area contributed by atoms with Crippen molar-refractivity contribution in [2.24, 2.45) is 11.8 Å². The summed E-state index contributed by atoms with van der Waals surface area (Å²) >= 11 is 0. The van der Waals surface area contributed by atoms with Crippen molar-refractivity contribution in [2.75, 3.05) is 6.54 Å². The Kier molecular flexibility index (Phi) is 5.58. The van der Waals surface area contributed by atoms with Crippen molar-refractivity contribution < 1.29 is 19.2 Å². The molecule has 2 fully saturated rings. The molecule has 1 aliphatic carbocycles. The Balaban J connectivity index is 1.62. The summed E-state index contributed by atoms with van der Waals surface area (Å²) in [4.78, 5) is 50.9. The maximum absolute atomic E-state index is 12.5. The summed E-state index contributed by atoms with van der Waals surface area (Å²) < 4.78 is 0. The van der Waals surface area contributed by atoms with E-state index < -0.39 is 30.3 Å². The molecule has 2 aliphatic rings. The van der Waals surface area contributed by atoms with Gasteiger partial charge < -0.3 is 5.32 Å². The topological polar surface area (TPSA) is 86.8 Å². The number of urea groups is 1. The predicted molar refractivity (Wildman–Crippen MR) is 98.2 cm³/mol. The molecule has 1 N–H and O–H groups in total. The SMILES string of the molecule is C[C@@H]1[C@H](C)CCC[C@H]1NC(=O)CN1C(=O)C(=O)N(Cc2ccccc2)C1=O. The van der Waals surface area contributed by atoms with E-state index >= 15 is 0 Å². The number of carbonyl (C=O) groups is 4. The van der Waals surface area contributed by atoms with Gasteiger partial charge >= 0.3 is 17.8 Å². The van der Waals surface area contributed by atoms with E-state index in [1.807, 2.05) is 6.07 Å². The molecule has 0 spiro atoms. The van der Waals surface area contributed by atoms with Gasteiger partial charge in [0.2, 0.25) is 5.91 Å². The van der Waals surface area contributed by atoms with Gasteiger partial charge in [0.1, 0.15) is 6.54 Å². The Morgan fingerprint density at radius 2 is 1.70 bits per heavy atom. The van der Waals surface area contributed by atoms with Crippen LogP contribution in [0.3, 0.4) is 0 Å². The highest BCUT2D eigenvalue weighted by Crippen LogP contribution is 2.29. The molecule has 144 valence electrons. The summed E-state index contributed by atoms with van der Waals surface area (Å²) in [7, 11) is 0. The first-order chi connectivity index (χ1) is 12.9. The summed E-state index contributed by atoms with van der Waals surface area (Å²) in [6, 6.07) is 8.24. The molecule has 5 amide bonds. The van der Waals surface area contributed by atoms with E-state index in [9.17, 15) is 19.2 Å². The van der Waals surface area contributed by atoms with Crippen LogP contribution in [0.4, 0.5) is 4.79 Å². The maximum atomic E-state index is 12.5. The molecule has 1 aliphatic heterocycles. The molecule has 0 unspecified atom stereocenters. The molecule has 0 bridgehead atoms. The third-order valence-electron chi connectivity index (χ3n) is 5.67. The average molecular weight is 371 g/mol. The van der Waals surface area contributed by atoms with Crippen molar-refractivity contribution in [2.45, 2.75) is 45.7 Å². The molecule has 7 heteroatoms. The fraction of sp³-hybridized carbons (Fsp3) is 0.500. The van der Waals surface area contributed by atoms with Gasteiger partial charge in [0.25, 0.3) is 0 Å². The van der Waals surface area contributed by atoms with Gasteiger partial charge in [-0.3, -0.25) is 19.3 Å². The fourth-order valence-electron chi connectivity index (χ4n) is 3.78. The van der Waals surface area contributed by atoms with Gasteiger partial charge in [-0.2, -0.15) is 0 Å². The number of hydrogen-bond acceptors (Lipinski definition) is 4. The van der Waals surface area contributed by atoms with Crippen LogP contribution in [0.5, 0.6) is 0 Å². The van der Waals surface area contributed by atoms with E-state index in [1.165, 1.54) is 0 Å². The van der Waals surface area contributed by atoms with E-state index in [2.05, 4.69) is 19.2 Å². The molecular weight excluding hydrogens is 346 g/mol. The Morgan fingerprint density at radius 3 is 2.41 bits per heavy atom. The van der Waals surface area contributed by atoms with Crippen LogP contribution in [0.2, 0.25) is 0 Å². The highest BCUT2D eigenvalue weighted by atomic mass is 16.2. The second-order valence-electron chi connectivity index (χ2n) is 7.49. The zero-order valence-corrected chi connectivity index (χ0v) is 15.7. The van der Waals surface area contributed by atoms with Gasteiger partial charge in [0, 0.05) is 6.04 Å². The zero-order chi connectivity index (χ0) is 19.6. The average Bonchev–Trinajstić information content (AvgIpc) is 2.84. The van der Waals surface area contributed by atoms with Crippen molar-refractivity contribution >= 4 is 23.8 Å². The quantitative estimate of drug-likeness (QED) is 0.633. The Hall–Kier alpha value is -2.70. The first-order valence-corrected chi connectivity index (χ1v) is 9.39. The molecule has 0 radical (unpaired) electrons. The number of carbonyl (C=O) groups excluding carboxylic acids is 4. The highest BCUT2D eigenvalue weighted by molar-refractivity contribution is 6.44. The lowest BCUT2D eigenvalue weighted by Gasteiger charge is -2.34. The van der Waals surface area contributed by atoms with Crippen LogP contribution in [0.25, 0.3) is 0 Å². The molecule has 27 heavy (non-hydrogen) atoms. The van der Waals surface area contributed by atoms with Gasteiger partial charge in [-0.25, -0.2) is 9.69 Å². The summed E-state index contributed by atoms with van der Waals surface area (Å²) in [5.74, 6) is -1.39. The fourth-order valence-corrected chi connectivity index (χ4v) is 3.78. The van der Waals surface area contributed by atoms with Crippen molar-refractivity contribution in [3.8, 4) is 0 Å². The second-order valence-corrected chi connectivity index (χ2v) is 7.49. The van der Waals surface area contributed by atoms with Gasteiger partial charge in [-0.15, -0.1) is 0 Å². The third-order valence-corrected chi connectivity index (χ3v) is 5.67. The van der Waals surface area contributed by atoms with E-state index in [0.717, 1.165) is 34.6 Å². The third kappa shape index (κ3) is 4.02. The van der Waals surface area contributed by atoms with Crippen molar-refractivity contribution in [1.29, 1.82) is 0 Å². The van der Waals surface area contributed by atoms with Crippen molar-refractivity contribution in [1.82, 2.24) is 15.1 Å². The summed E-state index contributed by atoms with van der Waals surface area (Å²) in [6.45, 7) is 3.86. The number of imide groups is 2. The smallest absolute Gasteiger partial charge is 0.335 e. The molecule has 0 aromatic heterocycles. The van der Waals surface area contributed by atoms with Crippen molar-refractivity contribution in [3.05, 3.63) is 35.9 Å². The first kappa shape index (κ1) is 19.1. The minimum atomic E-state index is -0.948. The molecule has 1 aromatic rings. The zero-order valence-electron chi connectivity index (χ0n) is 15.7. The minimum Gasteiger partial charge on any atom is -0.352 e.